The highest BCUT2D eigenvalue weighted by Crippen LogP contribution is 2.36. The molecule has 0 spiro atoms. The minimum atomic E-state index is -2.10. The van der Waals surface area contributed by atoms with Crippen molar-refractivity contribution in [2.45, 2.75) is 24.6 Å². The molecule has 2 rings (SSSR count). The Kier molecular flexibility index (Phi) is 8.07. The molecule has 3 atom stereocenters. The molecular weight excluding hydrogens is 365 g/mol. The first-order chi connectivity index (χ1) is 13.0. The lowest BCUT2D eigenvalue weighted by atomic mass is 10.0. The van der Waals surface area contributed by atoms with Crippen molar-refractivity contribution in [1.29, 1.82) is 0 Å². The van der Waals surface area contributed by atoms with Crippen LogP contribution in [0, 0.1) is 0 Å². The Balaban J connectivity index is 2.03. The van der Waals surface area contributed by atoms with Crippen LogP contribution in [0.25, 0.3) is 0 Å². The van der Waals surface area contributed by atoms with Gasteiger partial charge in [0.25, 0.3) is 5.85 Å². The summed E-state index contributed by atoms with van der Waals surface area (Å²) in [6.45, 7) is 0. The van der Waals surface area contributed by atoms with Gasteiger partial charge in [0.15, 0.2) is 6.16 Å². The van der Waals surface area contributed by atoms with Crippen LogP contribution in [0.15, 0.2) is 59.6 Å². The highest BCUT2D eigenvalue weighted by molar-refractivity contribution is 7.45. The predicted molar refractivity (Wildman–Crippen MR) is 106 cm³/mol. The fourth-order valence-corrected chi connectivity index (χ4v) is 4.03. The minimum Gasteiger partial charge on any atom is -0.481 e. The van der Waals surface area contributed by atoms with Crippen LogP contribution in [0.3, 0.4) is 0 Å². The van der Waals surface area contributed by atoms with Gasteiger partial charge in [-0.25, -0.2) is 10.8 Å². The molecule has 142 valence electrons. The van der Waals surface area contributed by atoms with Gasteiger partial charge in [-0.1, -0.05) is 47.0 Å². The van der Waals surface area contributed by atoms with E-state index in [4.69, 9.17) is 5.84 Å². The van der Waals surface area contributed by atoms with Crippen molar-refractivity contribution in [3.8, 4) is 0 Å². The molecule has 0 amide bonds. The van der Waals surface area contributed by atoms with Crippen LogP contribution in [-0.2, 0) is 15.8 Å². The van der Waals surface area contributed by atoms with E-state index in [1.807, 2.05) is 30.3 Å². The summed E-state index contributed by atoms with van der Waals surface area (Å²) in [6, 6.07) is 16.2. The fraction of sp³-hybridized carbons (Fsp3) is 0.263. The Morgan fingerprint density at radius 3 is 2.63 bits per heavy atom. The number of hydrogen-bond acceptors (Lipinski definition) is 5. The lowest BCUT2D eigenvalue weighted by Crippen LogP contribution is -2.18. The second kappa shape index (κ2) is 10.5. The van der Waals surface area contributed by atoms with Crippen molar-refractivity contribution in [3.05, 3.63) is 65.7 Å². The number of nitrogens with zero attached hydrogens (tertiary/aromatic N) is 1. The molecule has 2 aromatic carbocycles. The first-order valence-electron chi connectivity index (χ1n) is 8.48. The minimum absolute atomic E-state index is 0.136. The van der Waals surface area contributed by atoms with Crippen molar-refractivity contribution in [1.82, 2.24) is 5.43 Å². The summed E-state index contributed by atoms with van der Waals surface area (Å²) in [6.07, 6.45) is 2.04. The van der Waals surface area contributed by atoms with Crippen LogP contribution >= 0.6 is 7.80 Å². The van der Waals surface area contributed by atoms with E-state index in [-0.39, 0.29) is 6.16 Å². The molecule has 0 aliphatic heterocycles. The highest BCUT2D eigenvalue weighted by Gasteiger charge is 2.35. The zero-order valence-corrected chi connectivity index (χ0v) is 15.6. The third-order valence-electron chi connectivity index (χ3n) is 4.09. The summed E-state index contributed by atoms with van der Waals surface area (Å²) >= 11 is 0. The molecule has 0 heterocycles. The average Bonchev–Trinajstić information content (AvgIpc) is 2.69. The van der Waals surface area contributed by atoms with Crippen molar-refractivity contribution in [2.24, 2.45) is 10.8 Å². The topological polar surface area (TPSA) is 125 Å². The molecule has 1 unspecified atom stereocenters. The maximum absolute atomic E-state index is 12.5. The molecule has 2 aromatic rings. The van der Waals surface area contributed by atoms with Crippen LogP contribution < -0.4 is 11.3 Å². The Bertz CT molecular complexity index is 799. The van der Waals surface area contributed by atoms with E-state index < -0.39 is 25.5 Å². The molecule has 7 nitrogen and oxygen atoms in total. The Morgan fingerprint density at radius 2 is 1.96 bits per heavy atom. The van der Waals surface area contributed by atoms with Gasteiger partial charge in [-0.05, 0) is 29.7 Å². The SMILES string of the molecule is NNC=Nc1cccc([C@H](C[P+](=O)[C@H](O)CCc2ccccc2)C(=O)O)c1. The monoisotopic (exact) mass is 388 g/mol. The number of aliphatic imine (C=N–C) groups is 1. The molecule has 0 fully saturated rings. The Hall–Kier alpha value is -2.60. The van der Waals surface area contributed by atoms with E-state index >= 15 is 0 Å². The molecule has 27 heavy (non-hydrogen) atoms. The van der Waals surface area contributed by atoms with Crippen LogP contribution in [0.4, 0.5) is 5.69 Å². The number of aliphatic carboxylic acids is 1. The second-order valence-corrected chi connectivity index (χ2v) is 7.81. The van der Waals surface area contributed by atoms with E-state index in [0.29, 0.717) is 24.1 Å². The zero-order valence-electron chi connectivity index (χ0n) is 14.7. The van der Waals surface area contributed by atoms with Crippen molar-refractivity contribution >= 4 is 25.8 Å². The smallest absolute Gasteiger partial charge is 0.371 e. The molecule has 0 aliphatic rings. The third-order valence-corrected chi connectivity index (χ3v) is 5.74. The van der Waals surface area contributed by atoms with Crippen molar-refractivity contribution in [3.63, 3.8) is 0 Å². The molecular formula is C19H23N3O4P+. The number of nitrogens with one attached hydrogen (secondary N) is 1. The predicted octanol–water partition coefficient (Wildman–Crippen LogP) is 2.76. The van der Waals surface area contributed by atoms with Gasteiger partial charge in [-0.3, -0.25) is 4.79 Å². The number of aryl methyl sites for hydroxylation is 1. The van der Waals surface area contributed by atoms with Crippen LogP contribution in [0.1, 0.15) is 23.5 Å². The maximum Gasteiger partial charge on any atom is 0.371 e. The number of nitrogens with two attached hydrogens (primary N) is 1. The second-order valence-electron chi connectivity index (χ2n) is 6.02. The van der Waals surface area contributed by atoms with E-state index in [0.717, 1.165) is 5.56 Å². The number of rotatable bonds is 10. The number of aliphatic hydroxyl groups excluding tert-OH is 1. The molecule has 8 heteroatoms. The first-order valence-corrected chi connectivity index (χ1v) is 10.00. The number of carbonyl (C=O) groups is 1. The summed E-state index contributed by atoms with van der Waals surface area (Å²) in [4.78, 5) is 15.7. The lowest BCUT2D eigenvalue weighted by molar-refractivity contribution is -0.138. The van der Waals surface area contributed by atoms with Crippen LogP contribution in [0.2, 0.25) is 0 Å². The summed E-state index contributed by atoms with van der Waals surface area (Å²) < 4.78 is 12.5. The number of carboxylic acids is 1. The molecule has 5 N–H and O–H groups in total. The summed E-state index contributed by atoms with van der Waals surface area (Å²) in [5.74, 6) is 2.00. The van der Waals surface area contributed by atoms with E-state index in [1.165, 1.54) is 6.34 Å². The molecule has 0 aromatic heterocycles. The number of aliphatic hydroxyl groups is 1. The van der Waals surface area contributed by atoms with Crippen LogP contribution in [0.5, 0.6) is 0 Å². The Labute approximate surface area is 158 Å². The Morgan fingerprint density at radius 1 is 1.22 bits per heavy atom. The van der Waals surface area contributed by atoms with Gasteiger partial charge in [0.05, 0.1) is 5.69 Å². The van der Waals surface area contributed by atoms with E-state index in [1.54, 1.807) is 24.3 Å². The maximum atomic E-state index is 12.5. The van der Waals surface area contributed by atoms with Gasteiger partial charge in [-0.2, -0.15) is 0 Å². The average molecular weight is 388 g/mol. The van der Waals surface area contributed by atoms with Gasteiger partial charge in [0, 0.05) is 6.42 Å². The molecule has 0 bridgehead atoms. The largest absolute Gasteiger partial charge is 0.481 e. The molecule has 0 saturated heterocycles. The standard InChI is InChI=1S/C19H22N3O4P/c20-22-13-21-16-8-4-7-15(11-16)17(19(24)25)12-27(26)18(23)10-9-14-5-2-1-3-6-14/h1-8,11,13,17-18,23H,9-10,12,20H2,(H-,21,22,24,25)/p+1/t17-,18-/m0/s1. The first kappa shape index (κ1) is 20.7. The number of hydrogen-bond donors (Lipinski definition) is 4. The molecule has 0 aliphatic carbocycles. The normalized spacial score (nSPS) is 13.9. The molecule has 0 saturated carbocycles. The summed E-state index contributed by atoms with van der Waals surface area (Å²) in [7, 11) is -2.10. The van der Waals surface area contributed by atoms with Crippen LogP contribution in [-0.4, -0.2) is 34.5 Å². The third kappa shape index (κ3) is 6.57. The quantitative estimate of drug-likeness (QED) is 0.163. The van der Waals surface area contributed by atoms with Crippen molar-refractivity contribution in [2.75, 3.05) is 6.16 Å². The molecule has 0 radical (unpaired) electrons. The fourth-order valence-electron chi connectivity index (χ4n) is 2.65. The van der Waals surface area contributed by atoms with Gasteiger partial charge in [0.1, 0.15) is 12.3 Å². The highest BCUT2D eigenvalue weighted by atomic mass is 31.1. The number of benzene rings is 2. The zero-order chi connectivity index (χ0) is 19.6. The summed E-state index contributed by atoms with van der Waals surface area (Å²) in [5, 5.41) is 19.8. The van der Waals surface area contributed by atoms with Gasteiger partial charge in [0.2, 0.25) is 0 Å². The van der Waals surface area contributed by atoms with Gasteiger partial charge in [-0.15, -0.1) is 0 Å². The summed E-state index contributed by atoms with van der Waals surface area (Å²) in [5.41, 5.74) is 4.31. The number of hydrazine groups is 1. The van der Waals surface area contributed by atoms with E-state index in [9.17, 15) is 19.6 Å². The van der Waals surface area contributed by atoms with E-state index in [2.05, 4.69) is 10.4 Å². The lowest BCUT2D eigenvalue weighted by Gasteiger charge is -2.10. The number of carboxylic acid groups (broad SMARTS) is 1. The van der Waals surface area contributed by atoms with Crippen molar-refractivity contribution < 1.29 is 19.6 Å². The van der Waals surface area contributed by atoms with Gasteiger partial charge >= 0.3 is 13.8 Å². The van der Waals surface area contributed by atoms with Gasteiger partial charge < -0.3 is 15.6 Å².